The molecule has 0 aliphatic carbocycles. The molecule has 0 saturated carbocycles. The summed E-state index contributed by atoms with van der Waals surface area (Å²) < 4.78 is 27.1. The fourth-order valence-electron chi connectivity index (χ4n) is 2.24. The second kappa shape index (κ2) is 7.04. The fraction of sp³-hybridized carbons (Fsp3) is 0. The molecule has 0 spiro atoms. The molecule has 0 aliphatic rings. The van der Waals surface area contributed by atoms with Crippen molar-refractivity contribution in [3.8, 4) is 0 Å². The molecule has 3 rings (SSSR count). The van der Waals surface area contributed by atoms with Crippen LogP contribution in [0.15, 0.2) is 77.7 Å². The summed E-state index contributed by atoms with van der Waals surface area (Å²) >= 11 is 5.88. The van der Waals surface area contributed by atoms with Gasteiger partial charge in [-0.25, -0.2) is 8.42 Å². The fourth-order valence-corrected chi connectivity index (χ4v) is 3.50. The Morgan fingerprint density at radius 3 is 2.12 bits per heavy atom. The van der Waals surface area contributed by atoms with Gasteiger partial charge in [-0.05, 0) is 54.6 Å². The molecule has 7 heteroatoms. The van der Waals surface area contributed by atoms with Gasteiger partial charge in [0.2, 0.25) is 0 Å². The molecule has 0 amide bonds. The van der Waals surface area contributed by atoms with Gasteiger partial charge >= 0.3 is 0 Å². The topological polar surface area (TPSA) is 84.2 Å². The zero-order chi connectivity index (χ0) is 17.9. The van der Waals surface area contributed by atoms with Crippen molar-refractivity contribution in [3.05, 3.63) is 77.8 Å². The summed E-state index contributed by atoms with van der Waals surface area (Å²) in [5.74, 6) is 0. The van der Waals surface area contributed by atoms with Crippen LogP contribution in [0.1, 0.15) is 0 Å². The smallest absolute Gasteiger partial charge is 0.261 e. The number of nitrogens with two attached hydrogens (primary N) is 1. The summed E-state index contributed by atoms with van der Waals surface area (Å²) in [5, 5.41) is 3.72. The molecule has 25 heavy (non-hydrogen) atoms. The van der Waals surface area contributed by atoms with Crippen molar-refractivity contribution in [1.82, 2.24) is 0 Å². The predicted molar refractivity (Wildman–Crippen MR) is 103 cm³/mol. The van der Waals surface area contributed by atoms with Crippen LogP contribution in [0.4, 0.5) is 22.7 Å². The van der Waals surface area contributed by atoms with Crippen molar-refractivity contribution in [3.63, 3.8) is 0 Å². The number of benzene rings is 3. The zero-order valence-electron chi connectivity index (χ0n) is 13.1. The van der Waals surface area contributed by atoms with Gasteiger partial charge in [0.25, 0.3) is 10.0 Å². The van der Waals surface area contributed by atoms with Crippen LogP contribution in [0, 0.1) is 0 Å². The standard InChI is InChI=1S/C18H16ClN3O2S/c19-13-6-11-18(17(20)12-13)21-14-7-9-15(10-8-14)22-25(23,24)16-4-2-1-3-5-16/h1-12,21-22H,20H2. The normalized spacial score (nSPS) is 11.1. The highest BCUT2D eigenvalue weighted by atomic mass is 35.5. The van der Waals surface area contributed by atoms with E-state index in [0.29, 0.717) is 16.4 Å². The van der Waals surface area contributed by atoms with E-state index >= 15 is 0 Å². The maximum absolute atomic E-state index is 12.3. The Kier molecular flexibility index (Phi) is 4.83. The van der Waals surface area contributed by atoms with E-state index in [1.54, 1.807) is 72.8 Å². The molecule has 0 saturated heterocycles. The number of nitrogens with one attached hydrogen (secondary N) is 2. The summed E-state index contributed by atoms with van der Waals surface area (Å²) in [4.78, 5) is 0.214. The lowest BCUT2D eigenvalue weighted by atomic mass is 10.2. The molecule has 0 bridgehead atoms. The molecule has 5 nitrogen and oxygen atoms in total. The molecule has 3 aromatic carbocycles. The van der Waals surface area contributed by atoms with E-state index in [1.807, 2.05) is 0 Å². The predicted octanol–water partition coefficient (Wildman–Crippen LogP) is 4.47. The minimum atomic E-state index is -3.60. The first-order valence-electron chi connectivity index (χ1n) is 7.44. The molecule has 3 aromatic rings. The van der Waals surface area contributed by atoms with E-state index in [4.69, 9.17) is 17.3 Å². The van der Waals surface area contributed by atoms with E-state index in [9.17, 15) is 8.42 Å². The third-order valence-electron chi connectivity index (χ3n) is 3.48. The maximum Gasteiger partial charge on any atom is 0.261 e. The number of anilines is 4. The SMILES string of the molecule is Nc1cc(Cl)ccc1Nc1ccc(NS(=O)(=O)c2ccccc2)cc1. The van der Waals surface area contributed by atoms with E-state index in [1.165, 1.54) is 0 Å². The average Bonchev–Trinajstić information content (AvgIpc) is 2.59. The molecule has 0 atom stereocenters. The zero-order valence-corrected chi connectivity index (χ0v) is 14.7. The number of rotatable bonds is 5. The third-order valence-corrected chi connectivity index (χ3v) is 5.12. The highest BCUT2D eigenvalue weighted by Gasteiger charge is 2.13. The van der Waals surface area contributed by atoms with Gasteiger partial charge < -0.3 is 11.1 Å². The van der Waals surface area contributed by atoms with E-state index in [0.717, 1.165) is 11.4 Å². The Bertz CT molecular complexity index is 975. The molecule has 0 fully saturated rings. The van der Waals surface area contributed by atoms with Crippen molar-refractivity contribution in [1.29, 1.82) is 0 Å². The Morgan fingerprint density at radius 2 is 1.48 bits per heavy atom. The van der Waals surface area contributed by atoms with Crippen LogP contribution in [0.5, 0.6) is 0 Å². The highest BCUT2D eigenvalue weighted by Crippen LogP contribution is 2.27. The first-order chi connectivity index (χ1) is 11.9. The molecule has 0 aromatic heterocycles. The summed E-state index contributed by atoms with van der Waals surface area (Å²) in [7, 11) is -3.60. The lowest BCUT2D eigenvalue weighted by Gasteiger charge is -2.11. The van der Waals surface area contributed by atoms with Gasteiger partial charge in [-0.1, -0.05) is 29.8 Å². The van der Waals surface area contributed by atoms with Crippen molar-refractivity contribution in [2.75, 3.05) is 15.8 Å². The second-order valence-corrected chi connectivity index (χ2v) is 7.47. The quantitative estimate of drug-likeness (QED) is 0.576. The van der Waals surface area contributed by atoms with Crippen molar-refractivity contribution >= 4 is 44.4 Å². The second-order valence-electron chi connectivity index (χ2n) is 5.35. The number of nitrogen functional groups attached to an aromatic ring is 1. The van der Waals surface area contributed by atoms with Crippen LogP contribution < -0.4 is 15.8 Å². The van der Waals surface area contributed by atoms with Crippen LogP contribution in [-0.2, 0) is 10.0 Å². The molecular weight excluding hydrogens is 358 g/mol. The Labute approximate surface area is 151 Å². The minimum absolute atomic E-state index is 0.214. The molecule has 0 unspecified atom stereocenters. The molecule has 0 radical (unpaired) electrons. The van der Waals surface area contributed by atoms with Gasteiger partial charge in [-0.3, -0.25) is 4.72 Å². The summed E-state index contributed by atoms with van der Waals surface area (Å²) in [6.07, 6.45) is 0. The first-order valence-corrected chi connectivity index (χ1v) is 9.30. The lowest BCUT2D eigenvalue weighted by Crippen LogP contribution is -2.12. The molecule has 4 N–H and O–H groups in total. The monoisotopic (exact) mass is 373 g/mol. The number of hydrogen-bond donors (Lipinski definition) is 3. The highest BCUT2D eigenvalue weighted by molar-refractivity contribution is 7.92. The molecule has 128 valence electrons. The number of hydrogen-bond acceptors (Lipinski definition) is 4. The van der Waals surface area contributed by atoms with Crippen LogP contribution in [0.3, 0.4) is 0 Å². The van der Waals surface area contributed by atoms with Gasteiger partial charge in [0, 0.05) is 16.4 Å². The number of halogens is 1. The molecule has 0 aliphatic heterocycles. The average molecular weight is 374 g/mol. The van der Waals surface area contributed by atoms with Crippen molar-refractivity contribution in [2.24, 2.45) is 0 Å². The van der Waals surface area contributed by atoms with E-state index in [2.05, 4.69) is 10.0 Å². The first kappa shape index (κ1) is 17.1. The van der Waals surface area contributed by atoms with Gasteiger partial charge in [0.1, 0.15) is 0 Å². The van der Waals surface area contributed by atoms with Gasteiger partial charge in [0.15, 0.2) is 0 Å². The van der Waals surface area contributed by atoms with Crippen molar-refractivity contribution < 1.29 is 8.42 Å². The van der Waals surface area contributed by atoms with Crippen LogP contribution >= 0.6 is 11.6 Å². The lowest BCUT2D eigenvalue weighted by molar-refractivity contribution is 0.601. The maximum atomic E-state index is 12.3. The Morgan fingerprint density at radius 1 is 0.840 bits per heavy atom. The van der Waals surface area contributed by atoms with Crippen LogP contribution in [0.25, 0.3) is 0 Å². The third kappa shape index (κ3) is 4.23. The van der Waals surface area contributed by atoms with Crippen LogP contribution in [0.2, 0.25) is 5.02 Å². The summed E-state index contributed by atoms with van der Waals surface area (Å²) in [5.41, 5.74) is 8.41. The van der Waals surface area contributed by atoms with E-state index < -0.39 is 10.0 Å². The summed E-state index contributed by atoms with van der Waals surface area (Å²) in [6.45, 7) is 0. The van der Waals surface area contributed by atoms with Crippen molar-refractivity contribution in [2.45, 2.75) is 4.90 Å². The van der Waals surface area contributed by atoms with Gasteiger partial charge in [0.05, 0.1) is 16.3 Å². The largest absolute Gasteiger partial charge is 0.397 e. The Hall–Kier alpha value is -2.70. The van der Waals surface area contributed by atoms with Crippen LogP contribution in [-0.4, -0.2) is 8.42 Å². The molecular formula is C18H16ClN3O2S. The van der Waals surface area contributed by atoms with Gasteiger partial charge in [-0.2, -0.15) is 0 Å². The van der Waals surface area contributed by atoms with E-state index in [-0.39, 0.29) is 4.90 Å². The van der Waals surface area contributed by atoms with Gasteiger partial charge in [-0.15, -0.1) is 0 Å². The summed E-state index contributed by atoms with van der Waals surface area (Å²) in [6, 6.07) is 20.3. The Balaban J connectivity index is 1.74. The molecule has 0 heterocycles. The minimum Gasteiger partial charge on any atom is -0.397 e. The number of sulfonamides is 1.